The van der Waals surface area contributed by atoms with Gasteiger partial charge in [0.05, 0.1) is 10.7 Å². The number of benzene rings is 1. The molecule has 0 spiro atoms. The predicted molar refractivity (Wildman–Crippen MR) is 94.4 cm³/mol. The Kier molecular flexibility index (Phi) is 5.65. The Morgan fingerprint density at radius 1 is 1.28 bits per heavy atom. The van der Waals surface area contributed by atoms with Gasteiger partial charge in [0.25, 0.3) is 5.91 Å². The number of nitrogens with zero attached hydrogens (tertiary/aromatic N) is 1. The van der Waals surface area contributed by atoms with E-state index in [1.165, 1.54) is 23.4 Å². The van der Waals surface area contributed by atoms with Crippen molar-refractivity contribution in [1.29, 1.82) is 0 Å². The summed E-state index contributed by atoms with van der Waals surface area (Å²) in [4.78, 5) is 28.8. The summed E-state index contributed by atoms with van der Waals surface area (Å²) >= 11 is 1.76. The lowest BCUT2D eigenvalue weighted by Gasteiger charge is -2.07. The first-order valence-corrected chi connectivity index (χ1v) is 9.14. The van der Waals surface area contributed by atoms with Gasteiger partial charge in [-0.05, 0) is 43.9 Å². The maximum atomic E-state index is 12.2. The van der Waals surface area contributed by atoms with Crippen LogP contribution in [0, 0.1) is 0 Å². The number of hydrogen-bond acceptors (Lipinski definition) is 5. The molecule has 7 heteroatoms. The molecule has 2 aromatic rings. The van der Waals surface area contributed by atoms with Crippen LogP contribution in [0.2, 0.25) is 0 Å². The molecule has 132 valence electrons. The maximum Gasteiger partial charge on any atom is 0.341 e. The lowest BCUT2D eigenvalue weighted by atomic mass is 10.0. The number of ether oxygens (including phenoxy) is 1. The first-order valence-electron chi connectivity index (χ1n) is 8.32. The molecule has 0 unspecified atom stereocenters. The van der Waals surface area contributed by atoms with Crippen LogP contribution >= 0.6 is 11.3 Å². The van der Waals surface area contributed by atoms with Crippen LogP contribution in [0.4, 0.5) is 0 Å². The zero-order valence-electron chi connectivity index (χ0n) is 13.8. The van der Waals surface area contributed by atoms with Crippen LogP contribution in [-0.4, -0.2) is 35.1 Å². The van der Waals surface area contributed by atoms with Gasteiger partial charge in [-0.1, -0.05) is 6.07 Å². The second kappa shape index (κ2) is 8.11. The second-order valence-corrected chi connectivity index (χ2v) is 7.07. The van der Waals surface area contributed by atoms with Crippen LogP contribution in [-0.2, 0) is 24.1 Å². The quantitative estimate of drug-likeness (QED) is 0.792. The number of carboxylic acid groups (broad SMARTS) is 1. The number of aliphatic carboxylic acids is 1. The van der Waals surface area contributed by atoms with E-state index in [-0.39, 0.29) is 5.91 Å². The highest BCUT2D eigenvalue weighted by Gasteiger charge is 2.15. The number of fused-ring (bicyclic) bond motifs is 1. The summed E-state index contributed by atoms with van der Waals surface area (Å²) < 4.78 is 5.09. The average Bonchev–Trinajstić information content (AvgIpc) is 3.03. The van der Waals surface area contributed by atoms with E-state index in [4.69, 9.17) is 9.84 Å². The molecule has 25 heavy (non-hydrogen) atoms. The molecule has 1 aliphatic rings. The van der Waals surface area contributed by atoms with Gasteiger partial charge in [-0.15, -0.1) is 11.3 Å². The third-order valence-corrected chi connectivity index (χ3v) is 5.19. The topological polar surface area (TPSA) is 88.5 Å². The van der Waals surface area contributed by atoms with Crippen LogP contribution in [0.25, 0.3) is 0 Å². The summed E-state index contributed by atoms with van der Waals surface area (Å²) in [6, 6.07) is 6.51. The van der Waals surface area contributed by atoms with Crippen molar-refractivity contribution in [3.8, 4) is 5.75 Å². The zero-order valence-corrected chi connectivity index (χ0v) is 14.6. The minimum Gasteiger partial charge on any atom is -0.482 e. The van der Waals surface area contributed by atoms with Crippen molar-refractivity contribution >= 4 is 23.2 Å². The maximum absolute atomic E-state index is 12.2. The minimum atomic E-state index is -1.05. The molecular weight excluding hydrogens is 340 g/mol. The van der Waals surface area contributed by atoms with Crippen molar-refractivity contribution < 1.29 is 19.4 Å². The fourth-order valence-corrected chi connectivity index (χ4v) is 3.93. The summed E-state index contributed by atoms with van der Waals surface area (Å²) in [6.07, 6.45) is 5.38. The second-order valence-electron chi connectivity index (χ2n) is 5.90. The molecule has 3 rings (SSSR count). The first kappa shape index (κ1) is 17.4. The Morgan fingerprint density at radius 2 is 2.12 bits per heavy atom. The molecule has 1 amide bonds. The molecule has 1 aromatic carbocycles. The first-order chi connectivity index (χ1) is 12.1. The van der Waals surface area contributed by atoms with Gasteiger partial charge in [-0.3, -0.25) is 4.79 Å². The number of amides is 1. The number of aryl methyl sites for hydroxylation is 2. The summed E-state index contributed by atoms with van der Waals surface area (Å²) in [5.41, 5.74) is 1.68. The molecule has 0 radical (unpaired) electrons. The highest BCUT2D eigenvalue weighted by Crippen LogP contribution is 2.26. The summed E-state index contributed by atoms with van der Waals surface area (Å²) in [5.74, 6) is -0.897. The van der Waals surface area contributed by atoms with Crippen molar-refractivity contribution in [2.75, 3.05) is 13.2 Å². The molecule has 1 heterocycles. The van der Waals surface area contributed by atoms with Crippen molar-refractivity contribution in [3.63, 3.8) is 0 Å². The third kappa shape index (κ3) is 4.79. The number of nitrogens with one attached hydrogen (secondary N) is 1. The number of carboxylic acids is 1. The molecule has 0 aliphatic heterocycles. The van der Waals surface area contributed by atoms with Gasteiger partial charge in [-0.25, -0.2) is 9.78 Å². The van der Waals surface area contributed by atoms with E-state index in [0.29, 0.717) is 17.9 Å². The Bertz CT molecular complexity index is 749. The fourth-order valence-electron chi connectivity index (χ4n) is 2.77. The van der Waals surface area contributed by atoms with Crippen LogP contribution in [0.1, 0.15) is 38.8 Å². The number of rotatable bonds is 7. The predicted octanol–water partition coefficient (Wildman–Crippen LogP) is 2.46. The highest BCUT2D eigenvalue weighted by atomic mass is 32.1. The van der Waals surface area contributed by atoms with Gasteiger partial charge in [-0.2, -0.15) is 0 Å². The van der Waals surface area contributed by atoms with Crippen LogP contribution in [0.3, 0.4) is 0 Å². The van der Waals surface area contributed by atoms with Crippen LogP contribution in [0.15, 0.2) is 24.3 Å². The molecule has 6 nitrogen and oxygen atoms in total. The van der Waals surface area contributed by atoms with E-state index >= 15 is 0 Å². The zero-order chi connectivity index (χ0) is 17.6. The van der Waals surface area contributed by atoms with E-state index in [1.807, 2.05) is 0 Å². The monoisotopic (exact) mass is 360 g/mol. The molecule has 0 saturated heterocycles. The molecule has 1 aromatic heterocycles. The molecule has 0 saturated carbocycles. The van der Waals surface area contributed by atoms with Crippen LogP contribution in [0.5, 0.6) is 5.75 Å². The van der Waals surface area contributed by atoms with E-state index in [1.54, 1.807) is 35.6 Å². The molecule has 2 N–H and O–H groups in total. The minimum absolute atomic E-state index is 0.206. The lowest BCUT2D eigenvalue weighted by molar-refractivity contribution is -0.139. The van der Waals surface area contributed by atoms with Crippen molar-refractivity contribution in [2.45, 2.75) is 32.1 Å². The van der Waals surface area contributed by atoms with Crippen LogP contribution < -0.4 is 10.1 Å². The summed E-state index contributed by atoms with van der Waals surface area (Å²) in [6.45, 7) is 0.0885. The number of aromatic nitrogens is 1. The van der Waals surface area contributed by atoms with Crippen molar-refractivity contribution in [2.24, 2.45) is 0 Å². The Labute approximate surface area is 149 Å². The normalized spacial score (nSPS) is 13.1. The SMILES string of the molecule is O=C(O)COc1cccc(C(=O)NCCc2nc3c(s2)CCCC3)c1. The average molecular weight is 360 g/mol. The van der Waals surface area contributed by atoms with Gasteiger partial charge in [0.2, 0.25) is 0 Å². The molecule has 0 bridgehead atoms. The summed E-state index contributed by atoms with van der Waals surface area (Å²) in [5, 5.41) is 12.6. The molecule has 0 atom stereocenters. The number of hydrogen-bond donors (Lipinski definition) is 2. The number of thiazole rings is 1. The van der Waals surface area contributed by atoms with E-state index in [0.717, 1.165) is 24.3 Å². The smallest absolute Gasteiger partial charge is 0.341 e. The Hall–Kier alpha value is -2.41. The molecule has 0 fully saturated rings. The van der Waals surface area contributed by atoms with Gasteiger partial charge in [0.1, 0.15) is 5.75 Å². The van der Waals surface area contributed by atoms with Gasteiger partial charge >= 0.3 is 5.97 Å². The van der Waals surface area contributed by atoms with Crippen molar-refractivity contribution in [3.05, 3.63) is 45.4 Å². The standard InChI is InChI=1S/C18H20N2O4S/c21-17(22)11-24-13-5-3-4-12(10-13)18(23)19-9-8-16-20-14-6-1-2-7-15(14)25-16/h3-5,10H,1-2,6-9,11H2,(H,19,23)(H,21,22). The van der Waals surface area contributed by atoms with Crippen molar-refractivity contribution in [1.82, 2.24) is 10.3 Å². The van der Waals surface area contributed by atoms with Gasteiger partial charge in [0, 0.05) is 23.4 Å². The van der Waals surface area contributed by atoms with Gasteiger partial charge in [0.15, 0.2) is 6.61 Å². The number of carbonyl (C=O) groups is 2. The fraction of sp³-hybridized carbons (Fsp3) is 0.389. The highest BCUT2D eigenvalue weighted by molar-refractivity contribution is 7.11. The lowest BCUT2D eigenvalue weighted by Crippen LogP contribution is -2.25. The van der Waals surface area contributed by atoms with E-state index in [2.05, 4.69) is 10.3 Å². The van der Waals surface area contributed by atoms with Gasteiger partial charge < -0.3 is 15.2 Å². The molecular formula is C18H20N2O4S. The Balaban J connectivity index is 1.51. The Morgan fingerprint density at radius 3 is 2.92 bits per heavy atom. The molecule has 1 aliphatic carbocycles. The largest absolute Gasteiger partial charge is 0.482 e. The van der Waals surface area contributed by atoms with E-state index in [9.17, 15) is 9.59 Å². The van der Waals surface area contributed by atoms with E-state index < -0.39 is 12.6 Å². The third-order valence-electron chi connectivity index (χ3n) is 3.97. The summed E-state index contributed by atoms with van der Waals surface area (Å²) in [7, 11) is 0. The number of carbonyl (C=O) groups excluding carboxylic acids is 1.